The summed E-state index contributed by atoms with van der Waals surface area (Å²) in [7, 11) is 1.49. The molecule has 0 unspecified atom stereocenters. The maximum Gasteiger partial charge on any atom is 0.170 e. The molecule has 0 atom stereocenters. The Bertz CT molecular complexity index is 897. The van der Waals surface area contributed by atoms with Gasteiger partial charge in [0.05, 0.1) is 25.5 Å². The number of carbonyl (C=O) groups excluding carboxylic acids is 1. The van der Waals surface area contributed by atoms with Crippen LogP contribution in [0.2, 0.25) is 5.02 Å². The molecule has 3 rings (SSSR count). The molecule has 0 aliphatic heterocycles. The number of aromatic nitrogens is 2. The summed E-state index contributed by atoms with van der Waals surface area (Å²) in [4.78, 5) is 19.7. The standard InChI is InChI=1S/C17H14ClN3O4/c1-24-10-4-5-12(14(23)7-10)16-20-13(9-22)15(18)17(21-16)19-8-11-3-2-6-25-11/h2-7,9,23H,8H2,1H3,(H,19,20,21). The van der Waals surface area contributed by atoms with Crippen LogP contribution in [0.5, 0.6) is 11.5 Å². The highest BCUT2D eigenvalue weighted by molar-refractivity contribution is 6.35. The van der Waals surface area contributed by atoms with Crippen LogP contribution >= 0.6 is 11.6 Å². The Morgan fingerprint density at radius 3 is 2.84 bits per heavy atom. The first kappa shape index (κ1) is 16.8. The van der Waals surface area contributed by atoms with Gasteiger partial charge in [0.25, 0.3) is 0 Å². The van der Waals surface area contributed by atoms with Gasteiger partial charge in [-0.15, -0.1) is 0 Å². The number of carbonyl (C=O) groups is 1. The summed E-state index contributed by atoms with van der Waals surface area (Å²) in [6.07, 6.45) is 2.09. The summed E-state index contributed by atoms with van der Waals surface area (Å²) in [6.45, 7) is 0.329. The Kier molecular flexibility index (Phi) is 4.85. The van der Waals surface area contributed by atoms with Gasteiger partial charge in [-0.1, -0.05) is 11.6 Å². The third-order valence-corrected chi connectivity index (χ3v) is 3.82. The monoisotopic (exact) mass is 359 g/mol. The van der Waals surface area contributed by atoms with E-state index in [1.165, 1.54) is 13.2 Å². The first-order valence-electron chi connectivity index (χ1n) is 7.28. The van der Waals surface area contributed by atoms with Gasteiger partial charge in [0.2, 0.25) is 0 Å². The Morgan fingerprint density at radius 2 is 2.20 bits per heavy atom. The van der Waals surface area contributed by atoms with Crippen LogP contribution < -0.4 is 10.1 Å². The highest BCUT2D eigenvalue weighted by Crippen LogP contribution is 2.33. The maximum atomic E-state index is 11.3. The Balaban J connectivity index is 1.99. The van der Waals surface area contributed by atoms with E-state index in [9.17, 15) is 9.90 Å². The molecule has 2 aromatic heterocycles. The lowest BCUT2D eigenvalue weighted by atomic mass is 10.1. The van der Waals surface area contributed by atoms with Crippen molar-refractivity contribution in [3.63, 3.8) is 0 Å². The van der Waals surface area contributed by atoms with Crippen molar-refractivity contribution in [2.24, 2.45) is 0 Å². The van der Waals surface area contributed by atoms with Gasteiger partial charge in [-0.05, 0) is 24.3 Å². The summed E-state index contributed by atoms with van der Waals surface area (Å²) < 4.78 is 10.3. The maximum absolute atomic E-state index is 11.3. The van der Waals surface area contributed by atoms with Crippen LogP contribution in [0.25, 0.3) is 11.4 Å². The smallest absolute Gasteiger partial charge is 0.170 e. The van der Waals surface area contributed by atoms with E-state index in [2.05, 4.69) is 15.3 Å². The number of nitrogens with one attached hydrogen (secondary N) is 1. The van der Waals surface area contributed by atoms with Crippen molar-refractivity contribution < 1.29 is 19.1 Å². The molecular formula is C17H14ClN3O4. The molecule has 0 amide bonds. The lowest BCUT2D eigenvalue weighted by Crippen LogP contribution is -2.06. The van der Waals surface area contributed by atoms with E-state index in [-0.39, 0.29) is 28.1 Å². The van der Waals surface area contributed by atoms with Crippen LogP contribution in [0.4, 0.5) is 5.82 Å². The first-order chi connectivity index (χ1) is 12.1. The number of aromatic hydroxyl groups is 1. The average Bonchev–Trinajstić information content (AvgIpc) is 3.14. The van der Waals surface area contributed by atoms with Crippen LogP contribution in [0.3, 0.4) is 0 Å². The topological polar surface area (TPSA) is 97.5 Å². The normalized spacial score (nSPS) is 10.5. The van der Waals surface area contributed by atoms with Crippen molar-refractivity contribution in [2.45, 2.75) is 6.54 Å². The zero-order chi connectivity index (χ0) is 17.8. The van der Waals surface area contributed by atoms with E-state index in [0.29, 0.717) is 29.9 Å². The molecule has 2 N–H and O–H groups in total. The van der Waals surface area contributed by atoms with Crippen LogP contribution in [0.15, 0.2) is 41.0 Å². The molecule has 0 aliphatic rings. The molecule has 25 heavy (non-hydrogen) atoms. The van der Waals surface area contributed by atoms with Crippen molar-refractivity contribution >= 4 is 23.7 Å². The predicted molar refractivity (Wildman–Crippen MR) is 92.1 cm³/mol. The Morgan fingerprint density at radius 1 is 1.36 bits per heavy atom. The number of hydrogen-bond acceptors (Lipinski definition) is 7. The zero-order valence-electron chi connectivity index (χ0n) is 13.2. The van der Waals surface area contributed by atoms with Gasteiger partial charge in [0, 0.05) is 6.07 Å². The lowest BCUT2D eigenvalue weighted by Gasteiger charge is -2.11. The van der Waals surface area contributed by atoms with Crippen LogP contribution in [-0.4, -0.2) is 28.5 Å². The van der Waals surface area contributed by atoms with Crippen LogP contribution in [-0.2, 0) is 6.54 Å². The van der Waals surface area contributed by atoms with Crippen LogP contribution in [0.1, 0.15) is 16.2 Å². The minimum absolute atomic E-state index is 0.0174. The highest BCUT2D eigenvalue weighted by Gasteiger charge is 2.16. The summed E-state index contributed by atoms with van der Waals surface area (Å²) in [5, 5.41) is 13.3. The molecular weight excluding hydrogens is 346 g/mol. The Labute approximate surface area is 148 Å². The number of ether oxygens (including phenoxy) is 1. The second-order valence-corrected chi connectivity index (χ2v) is 5.41. The fraction of sp³-hybridized carbons (Fsp3) is 0.118. The lowest BCUT2D eigenvalue weighted by molar-refractivity contribution is 0.111. The fourth-order valence-corrected chi connectivity index (χ4v) is 2.39. The van der Waals surface area contributed by atoms with Gasteiger partial charge < -0.3 is 19.6 Å². The number of nitrogens with zero attached hydrogens (tertiary/aromatic N) is 2. The van der Waals surface area contributed by atoms with E-state index in [0.717, 1.165) is 0 Å². The molecule has 0 aliphatic carbocycles. The molecule has 0 bridgehead atoms. The molecule has 0 fully saturated rings. The molecule has 0 saturated carbocycles. The van der Waals surface area contributed by atoms with Crippen molar-refractivity contribution in [1.29, 1.82) is 0 Å². The molecule has 0 saturated heterocycles. The van der Waals surface area contributed by atoms with Crippen molar-refractivity contribution in [1.82, 2.24) is 9.97 Å². The average molecular weight is 360 g/mol. The van der Waals surface area contributed by atoms with E-state index in [4.69, 9.17) is 20.8 Å². The second kappa shape index (κ2) is 7.23. The first-order valence-corrected chi connectivity index (χ1v) is 7.66. The molecule has 7 nitrogen and oxygen atoms in total. The quantitative estimate of drug-likeness (QED) is 0.649. The van der Waals surface area contributed by atoms with Gasteiger partial charge in [0.1, 0.15) is 33.8 Å². The Hall–Kier alpha value is -3.06. The van der Waals surface area contributed by atoms with Gasteiger partial charge in [-0.25, -0.2) is 9.97 Å². The zero-order valence-corrected chi connectivity index (χ0v) is 13.9. The second-order valence-electron chi connectivity index (χ2n) is 5.03. The third-order valence-electron chi connectivity index (χ3n) is 3.44. The highest BCUT2D eigenvalue weighted by atomic mass is 35.5. The number of furan rings is 1. The number of rotatable bonds is 6. The van der Waals surface area contributed by atoms with Gasteiger partial charge in [0.15, 0.2) is 12.1 Å². The minimum atomic E-state index is -0.0736. The van der Waals surface area contributed by atoms with E-state index >= 15 is 0 Å². The number of phenols is 1. The minimum Gasteiger partial charge on any atom is -0.507 e. The molecule has 8 heteroatoms. The number of benzene rings is 1. The summed E-state index contributed by atoms with van der Waals surface area (Å²) in [6, 6.07) is 8.24. The number of hydrogen-bond donors (Lipinski definition) is 2. The largest absolute Gasteiger partial charge is 0.507 e. The number of aldehydes is 1. The predicted octanol–water partition coefficient (Wildman–Crippen LogP) is 3.53. The number of phenolic OH excluding ortho intramolecular Hbond substituents is 1. The molecule has 0 radical (unpaired) electrons. The molecule has 1 aromatic carbocycles. The van der Waals surface area contributed by atoms with Crippen molar-refractivity contribution in [2.75, 3.05) is 12.4 Å². The molecule has 3 aromatic rings. The van der Waals surface area contributed by atoms with Gasteiger partial charge >= 0.3 is 0 Å². The SMILES string of the molecule is COc1ccc(-c2nc(C=O)c(Cl)c(NCc3ccco3)n2)c(O)c1. The molecule has 0 spiro atoms. The third kappa shape index (κ3) is 3.56. The summed E-state index contributed by atoms with van der Waals surface area (Å²) in [5.41, 5.74) is 0.366. The number of anilines is 1. The molecule has 2 heterocycles. The fourth-order valence-electron chi connectivity index (χ4n) is 2.19. The number of methoxy groups -OCH3 is 1. The van der Waals surface area contributed by atoms with Crippen LogP contribution in [0, 0.1) is 0 Å². The molecule has 128 valence electrons. The van der Waals surface area contributed by atoms with E-state index < -0.39 is 0 Å². The summed E-state index contributed by atoms with van der Waals surface area (Å²) in [5.74, 6) is 1.52. The van der Waals surface area contributed by atoms with Crippen molar-refractivity contribution in [3.05, 3.63) is 53.1 Å². The van der Waals surface area contributed by atoms with Gasteiger partial charge in [-0.3, -0.25) is 4.79 Å². The van der Waals surface area contributed by atoms with E-state index in [1.54, 1.807) is 30.5 Å². The number of halogens is 1. The van der Waals surface area contributed by atoms with E-state index in [1.807, 2.05) is 0 Å². The summed E-state index contributed by atoms with van der Waals surface area (Å²) >= 11 is 6.16. The van der Waals surface area contributed by atoms with Crippen molar-refractivity contribution in [3.8, 4) is 22.9 Å². The van der Waals surface area contributed by atoms with Gasteiger partial charge in [-0.2, -0.15) is 0 Å².